The molecule has 0 aliphatic rings. The Morgan fingerprint density at radius 1 is 1.04 bits per heavy atom. The van der Waals surface area contributed by atoms with Gasteiger partial charge in [-0.05, 0) is 23.3 Å². The van der Waals surface area contributed by atoms with Crippen LogP contribution < -0.4 is 14.8 Å². The van der Waals surface area contributed by atoms with Crippen LogP contribution in [0.15, 0.2) is 54.9 Å². The van der Waals surface area contributed by atoms with Crippen LogP contribution in [-0.2, 0) is 13.2 Å². The van der Waals surface area contributed by atoms with Gasteiger partial charge in [-0.3, -0.25) is 0 Å². The van der Waals surface area contributed by atoms with E-state index < -0.39 is 0 Å². The van der Waals surface area contributed by atoms with Crippen molar-refractivity contribution in [3.8, 4) is 11.5 Å². The lowest BCUT2D eigenvalue weighted by Crippen LogP contribution is -2.02. The highest BCUT2D eigenvalue weighted by Crippen LogP contribution is 2.29. The van der Waals surface area contributed by atoms with E-state index in [2.05, 4.69) is 20.5 Å². The van der Waals surface area contributed by atoms with Crippen LogP contribution in [0, 0.1) is 0 Å². The summed E-state index contributed by atoms with van der Waals surface area (Å²) in [5, 5.41) is 9.69. The number of nitrogens with zero attached hydrogens (tertiary/aromatic N) is 2. The molecule has 2 N–H and O–H groups in total. The van der Waals surface area contributed by atoms with E-state index in [1.54, 1.807) is 7.11 Å². The van der Waals surface area contributed by atoms with Crippen LogP contribution in [0.3, 0.4) is 0 Å². The van der Waals surface area contributed by atoms with E-state index in [-0.39, 0.29) is 0 Å². The third-order valence-electron chi connectivity index (χ3n) is 3.34. The quantitative estimate of drug-likeness (QED) is 0.702. The van der Waals surface area contributed by atoms with E-state index in [1.807, 2.05) is 48.5 Å². The highest BCUT2D eigenvalue weighted by atomic mass is 16.5. The Kier molecular flexibility index (Phi) is 4.73. The fraction of sp³-hybridized carbons (Fsp3) is 0.176. The molecule has 2 aromatic carbocycles. The van der Waals surface area contributed by atoms with Crippen molar-refractivity contribution in [2.24, 2.45) is 0 Å². The molecule has 0 aliphatic carbocycles. The van der Waals surface area contributed by atoms with Crippen LogP contribution in [0.4, 0.5) is 5.95 Å². The molecule has 6 heteroatoms. The molecule has 3 aromatic rings. The van der Waals surface area contributed by atoms with Crippen molar-refractivity contribution < 1.29 is 9.47 Å². The number of benzene rings is 2. The van der Waals surface area contributed by atoms with Gasteiger partial charge in [0.2, 0.25) is 5.95 Å². The molecular weight excluding hydrogens is 292 g/mol. The van der Waals surface area contributed by atoms with Gasteiger partial charge < -0.3 is 14.8 Å². The summed E-state index contributed by atoms with van der Waals surface area (Å²) in [4.78, 5) is 4.02. The maximum atomic E-state index is 5.85. The number of nitrogens with one attached hydrogen (secondary N) is 2. The molecule has 1 heterocycles. The molecule has 6 nitrogen and oxygen atoms in total. The van der Waals surface area contributed by atoms with Crippen molar-refractivity contribution in [1.82, 2.24) is 15.2 Å². The Labute approximate surface area is 134 Å². The molecular formula is C17H18N4O2. The maximum Gasteiger partial charge on any atom is 0.218 e. The molecule has 0 atom stereocenters. The lowest BCUT2D eigenvalue weighted by Gasteiger charge is -2.12. The van der Waals surface area contributed by atoms with Crippen LogP contribution >= 0.6 is 0 Å². The molecule has 1 aromatic heterocycles. The molecule has 0 aliphatic heterocycles. The van der Waals surface area contributed by atoms with Crippen molar-refractivity contribution in [3.63, 3.8) is 0 Å². The number of hydrogen-bond acceptors (Lipinski definition) is 5. The summed E-state index contributed by atoms with van der Waals surface area (Å²) in [5.74, 6) is 2.06. The van der Waals surface area contributed by atoms with Gasteiger partial charge in [-0.1, -0.05) is 36.4 Å². The number of rotatable bonds is 7. The highest BCUT2D eigenvalue weighted by molar-refractivity contribution is 5.44. The highest BCUT2D eigenvalue weighted by Gasteiger charge is 2.07. The Morgan fingerprint density at radius 3 is 2.65 bits per heavy atom. The minimum absolute atomic E-state index is 0.507. The van der Waals surface area contributed by atoms with Gasteiger partial charge in [0.25, 0.3) is 0 Å². The van der Waals surface area contributed by atoms with Gasteiger partial charge in [0.1, 0.15) is 12.9 Å². The van der Waals surface area contributed by atoms with Crippen LogP contribution in [0.5, 0.6) is 11.5 Å². The zero-order valence-corrected chi connectivity index (χ0v) is 12.8. The second kappa shape index (κ2) is 7.31. The number of anilines is 1. The zero-order valence-electron chi connectivity index (χ0n) is 12.8. The minimum Gasteiger partial charge on any atom is -0.493 e. The molecule has 0 radical (unpaired) electrons. The monoisotopic (exact) mass is 310 g/mol. The molecule has 0 spiro atoms. The standard InChI is InChI=1S/C17H18N4O2/c1-22-16-9-14(10-18-17-19-12-20-21-17)7-8-15(16)23-11-13-5-3-2-4-6-13/h2-9,12H,10-11H2,1H3,(H2,18,19,20,21). The van der Waals surface area contributed by atoms with Gasteiger partial charge in [0, 0.05) is 6.54 Å². The van der Waals surface area contributed by atoms with Crippen LogP contribution in [0.2, 0.25) is 0 Å². The van der Waals surface area contributed by atoms with Crippen molar-refractivity contribution >= 4 is 5.95 Å². The van der Waals surface area contributed by atoms with Crippen LogP contribution in [-0.4, -0.2) is 22.3 Å². The molecule has 0 fully saturated rings. The molecule has 23 heavy (non-hydrogen) atoms. The van der Waals surface area contributed by atoms with Crippen LogP contribution in [0.1, 0.15) is 11.1 Å². The summed E-state index contributed by atoms with van der Waals surface area (Å²) in [5.41, 5.74) is 2.18. The lowest BCUT2D eigenvalue weighted by atomic mass is 10.2. The molecule has 0 bridgehead atoms. The predicted octanol–water partition coefficient (Wildman–Crippen LogP) is 3.00. The van der Waals surface area contributed by atoms with Gasteiger partial charge in [-0.25, -0.2) is 10.1 Å². The smallest absolute Gasteiger partial charge is 0.218 e. The summed E-state index contributed by atoms with van der Waals surface area (Å²) in [6, 6.07) is 15.9. The maximum absolute atomic E-state index is 5.85. The minimum atomic E-state index is 0.507. The predicted molar refractivity (Wildman–Crippen MR) is 87.5 cm³/mol. The van der Waals surface area contributed by atoms with E-state index in [0.29, 0.717) is 24.8 Å². The molecule has 0 saturated carbocycles. The molecule has 0 amide bonds. The number of H-pyrrole nitrogens is 1. The zero-order chi connectivity index (χ0) is 15.9. The number of methoxy groups -OCH3 is 1. The first-order valence-corrected chi connectivity index (χ1v) is 7.28. The average molecular weight is 310 g/mol. The Morgan fingerprint density at radius 2 is 1.91 bits per heavy atom. The second-order valence-corrected chi connectivity index (χ2v) is 4.95. The van der Waals surface area contributed by atoms with Gasteiger partial charge in [-0.2, -0.15) is 5.10 Å². The van der Waals surface area contributed by atoms with Crippen molar-refractivity contribution in [2.45, 2.75) is 13.2 Å². The average Bonchev–Trinajstić information content (AvgIpc) is 3.13. The van der Waals surface area contributed by atoms with Crippen molar-refractivity contribution in [1.29, 1.82) is 0 Å². The van der Waals surface area contributed by atoms with E-state index in [4.69, 9.17) is 9.47 Å². The Bertz CT molecular complexity index is 730. The van der Waals surface area contributed by atoms with E-state index in [1.165, 1.54) is 6.33 Å². The van der Waals surface area contributed by atoms with Gasteiger partial charge in [-0.15, -0.1) is 0 Å². The van der Waals surface area contributed by atoms with Gasteiger partial charge >= 0.3 is 0 Å². The normalized spacial score (nSPS) is 10.3. The first kappa shape index (κ1) is 14.9. The van der Waals surface area contributed by atoms with E-state index >= 15 is 0 Å². The third-order valence-corrected chi connectivity index (χ3v) is 3.34. The van der Waals surface area contributed by atoms with Gasteiger partial charge in [0.05, 0.1) is 7.11 Å². The number of ether oxygens (including phenoxy) is 2. The summed E-state index contributed by atoms with van der Waals surface area (Å²) >= 11 is 0. The first-order chi connectivity index (χ1) is 11.3. The van der Waals surface area contributed by atoms with Crippen LogP contribution in [0.25, 0.3) is 0 Å². The molecule has 3 rings (SSSR count). The molecule has 118 valence electrons. The first-order valence-electron chi connectivity index (χ1n) is 7.28. The number of hydrogen-bond donors (Lipinski definition) is 2. The SMILES string of the molecule is COc1cc(CNc2ncn[nH]2)ccc1OCc1ccccc1. The molecule has 0 saturated heterocycles. The van der Waals surface area contributed by atoms with Gasteiger partial charge in [0.15, 0.2) is 11.5 Å². The topological polar surface area (TPSA) is 72.1 Å². The van der Waals surface area contributed by atoms with Crippen molar-refractivity contribution in [3.05, 3.63) is 66.0 Å². The fourth-order valence-corrected chi connectivity index (χ4v) is 2.15. The summed E-state index contributed by atoms with van der Waals surface area (Å²) in [7, 11) is 1.64. The largest absolute Gasteiger partial charge is 0.493 e. The van der Waals surface area contributed by atoms with Crippen molar-refractivity contribution in [2.75, 3.05) is 12.4 Å². The van der Waals surface area contributed by atoms with E-state index in [9.17, 15) is 0 Å². The number of aromatic nitrogens is 3. The van der Waals surface area contributed by atoms with E-state index in [0.717, 1.165) is 16.9 Å². The Hall–Kier alpha value is -3.02. The fourth-order valence-electron chi connectivity index (χ4n) is 2.15. The summed E-state index contributed by atoms with van der Waals surface area (Å²) in [6.07, 6.45) is 1.46. The second-order valence-electron chi connectivity index (χ2n) is 4.95. The third kappa shape index (κ3) is 4.00. The number of aromatic amines is 1. The summed E-state index contributed by atoms with van der Waals surface area (Å²) < 4.78 is 11.3. The molecule has 0 unspecified atom stereocenters. The summed E-state index contributed by atoms with van der Waals surface area (Å²) in [6.45, 7) is 1.12. The lowest BCUT2D eigenvalue weighted by molar-refractivity contribution is 0.284. The Balaban J connectivity index is 1.64.